The minimum absolute atomic E-state index is 0.0717. The van der Waals surface area contributed by atoms with Crippen LogP contribution >= 0.6 is 11.8 Å². The molecule has 0 spiro atoms. The number of carbonyl (C=O) groups excluding carboxylic acids is 1. The fourth-order valence-electron chi connectivity index (χ4n) is 3.34. The average molecular weight is 436 g/mol. The van der Waals surface area contributed by atoms with Crippen molar-refractivity contribution >= 4 is 29.0 Å². The average Bonchev–Trinajstić information content (AvgIpc) is 3.18. The predicted octanol–water partition coefficient (Wildman–Crippen LogP) is 5.02. The van der Waals surface area contributed by atoms with Gasteiger partial charge in [0.05, 0.1) is 5.75 Å². The van der Waals surface area contributed by atoms with E-state index in [1.807, 2.05) is 41.8 Å². The van der Waals surface area contributed by atoms with Crippen LogP contribution in [0.1, 0.15) is 19.4 Å². The summed E-state index contributed by atoms with van der Waals surface area (Å²) >= 11 is 1.37. The Labute approximate surface area is 188 Å². The number of aryl methyl sites for hydroxylation is 1. The highest BCUT2D eigenvalue weighted by molar-refractivity contribution is 7.99. The molecular weight excluding hydrogens is 406 g/mol. The minimum Gasteiger partial charge on any atom is -0.372 e. The lowest BCUT2D eigenvalue weighted by Crippen LogP contribution is -2.21. The van der Waals surface area contributed by atoms with Crippen LogP contribution in [0.5, 0.6) is 0 Å². The Morgan fingerprint density at radius 3 is 2.48 bits per heavy atom. The molecule has 0 unspecified atom stereocenters. The van der Waals surface area contributed by atoms with Gasteiger partial charge in [-0.15, -0.1) is 16.8 Å². The summed E-state index contributed by atoms with van der Waals surface area (Å²) < 4.78 is 1.99. The first-order chi connectivity index (χ1) is 15.1. The highest BCUT2D eigenvalue weighted by atomic mass is 32.2. The quantitative estimate of drug-likeness (QED) is 0.358. The van der Waals surface area contributed by atoms with E-state index in [-0.39, 0.29) is 11.7 Å². The molecule has 2 aromatic carbocycles. The van der Waals surface area contributed by atoms with Crippen LogP contribution < -0.4 is 10.2 Å². The molecule has 0 radical (unpaired) electrons. The monoisotopic (exact) mass is 435 g/mol. The number of amides is 1. The summed E-state index contributed by atoms with van der Waals surface area (Å²) in [5.41, 5.74) is 4.04. The normalized spacial score (nSPS) is 10.7. The summed E-state index contributed by atoms with van der Waals surface area (Å²) in [7, 11) is 0. The highest BCUT2D eigenvalue weighted by Gasteiger charge is 2.15. The zero-order valence-corrected chi connectivity index (χ0v) is 19.2. The van der Waals surface area contributed by atoms with Gasteiger partial charge in [-0.25, -0.2) is 0 Å². The van der Waals surface area contributed by atoms with Crippen LogP contribution in [0.2, 0.25) is 0 Å². The van der Waals surface area contributed by atoms with Crippen molar-refractivity contribution in [2.75, 3.05) is 29.1 Å². The molecule has 0 aliphatic carbocycles. The fraction of sp³-hybridized carbons (Fsp3) is 0.292. The topological polar surface area (TPSA) is 63.1 Å². The summed E-state index contributed by atoms with van der Waals surface area (Å²) in [5.74, 6) is 0.954. The lowest BCUT2D eigenvalue weighted by molar-refractivity contribution is -0.113. The number of aromatic nitrogens is 3. The number of hydrogen-bond acceptors (Lipinski definition) is 5. The maximum absolute atomic E-state index is 12.4. The summed E-state index contributed by atoms with van der Waals surface area (Å²) in [6.45, 7) is 12.6. The lowest BCUT2D eigenvalue weighted by Gasteiger charge is -2.21. The molecule has 3 aromatic rings. The molecule has 1 heterocycles. The maximum atomic E-state index is 12.4. The van der Waals surface area contributed by atoms with Gasteiger partial charge in [0.15, 0.2) is 11.0 Å². The number of carbonyl (C=O) groups is 1. The molecule has 0 saturated heterocycles. The van der Waals surface area contributed by atoms with E-state index >= 15 is 0 Å². The molecule has 0 saturated carbocycles. The van der Waals surface area contributed by atoms with Crippen molar-refractivity contribution in [1.82, 2.24) is 14.8 Å². The molecule has 162 valence electrons. The Morgan fingerprint density at radius 1 is 1.13 bits per heavy atom. The van der Waals surface area contributed by atoms with Crippen LogP contribution in [0, 0.1) is 6.92 Å². The van der Waals surface area contributed by atoms with Crippen LogP contribution in [0.3, 0.4) is 0 Å². The van der Waals surface area contributed by atoms with Crippen LogP contribution in [0.4, 0.5) is 11.4 Å². The van der Waals surface area contributed by atoms with Gasteiger partial charge in [-0.3, -0.25) is 9.36 Å². The van der Waals surface area contributed by atoms with Crippen molar-refractivity contribution < 1.29 is 4.79 Å². The van der Waals surface area contributed by atoms with Gasteiger partial charge in [0.1, 0.15) is 0 Å². The Hall–Kier alpha value is -3.06. The standard InChI is InChI=1S/C24H29N5OS/c1-5-16-29-23(19-12-14-20(15-13-19)28(6-2)7-3)26-27-24(29)31-17-22(30)25-21-11-9-8-10-18(21)4/h5,8-15H,1,6-7,16-17H2,2-4H3,(H,25,30). The SMILES string of the molecule is C=CCn1c(SCC(=O)Nc2ccccc2C)nnc1-c1ccc(N(CC)CC)cc1. The van der Waals surface area contributed by atoms with E-state index in [1.54, 1.807) is 0 Å². The van der Waals surface area contributed by atoms with Crippen molar-refractivity contribution in [3.63, 3.8) is 0 Å². The van der Waals surface area contributed by atoms with E-state index in [9.17, 15) is 4.79 Å². The molecule has 3 rings (SSSR count). The zero-order chi connectivity index (χ0) is 22.2. The zero-order valence-electron chi connectivity index (χ0n) is 18.3. The van der Waals surface area contributed by atoms with Gasteiger partial charge in [-0.2, -0.15) is 0 Å². The molecule has 0 fully saturated rings. The summed E-state index contributed by atoms with van der Waals surface area (Å²) in [5, 5.41) is 12.4. The van der Waals surface area contributed by atoms with Gasteiger partial charge in [0.2, 0.25) is 5.91 Å². The molecule has 6 nitrogen and oxygen atoms in total. The molecule has 7 heteroatoms. The molecule has 0 atom stereocenters. The molecule has 1 N–H and O–H groups in total. The van der Waals surface area contributed by atoms with E-state index in [4.69, 9.17) is 0 Å². The lowest BCUT2D eigenvalue weighted by atomic mass is 10.2. The van der Waals surface area contributed by atoms with E-state index in [0.717, 1.165) is 35.7 Å². The van der Waals surface area contributed by atoms with Crippen molar-refractivity contribution in [2.24, 2.45) is 0 Å². The number of benzene rings is 2. The Bertz CT molecular complexity index is 1020. The Balaban J connectivity index is 1.73. The van der Waals surface area contributed by atoms with Crippen molar-refractivity contribution in [1.29, 1.82) is 0 Å². The van der Waals surface area contributed by atoms with E-state index in [2.05, 4.69) is 65.1 Å². The van der Waals surface area contributed by atoms with Gasteiger partial charge in [0.25, 0.3) is 0 Å². The first kappa shape index (κ1) is 22.6. The molecule has 31 heavy (non-hydrogen) atoms. The molecule has 0 aliphatic rings. The second-order valence-corrected chi connectivity index (χ2v) is 8.02. The smallest absolute Gasteiger partial charge is 0.234 e. The number of nitrogens with zero attached hydrogens (tertiary/aromatic N) is 4. The molecular formula is C24H29N5OS. The molecule has 0 bridgehead atoms. The van der Waals surface area contributed by atoms with E-state index in [0.29, 0.717) is 11.7 Å². The summed E-state index contributed by atoms with van der Waals surface area (Å²) in [6.07, 6.45) is 1.81. The van der Waals surface area contributed by atoms with Gasteiger partial charge >= 0.3 is 0 Å². The number of hydrogen-bond donors (Lipinski definition) is 1. The Kier molecular flexibility index (Phi) is 7.89. The third-order valence-electron chi connectivity index (χ3n) is 5.03. The first-order valence-electron chi connectivity index (χ1n) is 10.4. The largest absolute Gasteiger partial charge is 0.372 e. The van der Waals surface area contributed by atoms with Crippen LogP contribution in [0.25, 0.3) is 11.4 Å². The minimum atomic E-state index is -0.0717. The third kappa shape index (κ3) is 5.55. The number of anilines is 2. The molecule has 1 aromatic heterocycles. The van der Waals surface area contributed by atoms with Gasteiger partial charge in [0, 0.05) is 36.6 Å². The van der Waals surface area contributed by atoms with E-state index in [1.165, 1.54) is 17.4 Å². The highest BCUT2D eigenvalue weighted by Crippen LogP contribution is 2.26. The molecule has 0 aliphatic heterocycles. The second kappa shape index (κ2) is 10.8. The van der Waals surface area contributed by atoms with Gasteiger partial charge in [-0.1, -0.05) is 36.0 Å². The number of para-hydroxylation sites is 1. The van der Waals surface area contributed by atoms with Crippen molar-refractivity contribution in [2.45, 2.75) is 32.5 Å². The van der Waals surface area contributed by atoms with Crippen LogP contribution in [-0.4, -0.2) is 39.5 Å². The number of thioether (sulfide) groups is 1. The number of nitrogens with one attached hydrogen (secondary N) is 1. The van der Waals surface area contributed by atoms with Crippen LogP contribution in [-0.2, 0) is 11.3 Å². The predicted molar refractivity (Wildman–Crippen MR) is 130 cm³/mol. The second-order valence-electron chi connectivity index (χ2n) is 7.08. The van der Waals surface area contributed by atoms with Crippen LogP contribution in [0.15, 0.2) is 66.3 Å². The fourth-order valence-corrected chi connectivity index (χ4v) is 4.09. The summed E-state index contributed by atoms with van der Waals surface area (Å²) in [6, 6.07) is 16.1. The maximum Gasteiger partial charge on any atom is 0.234 e. The third-order valence-corrected chi connectivity index (χ3v) is 6.00. The Morgan fingerprint density at radius 2 is 1.84 bits per heavy atom. The van der Waals surface area contributed by atoms with Gasteiger partial charge in [-0.05, 0) is 56.7 Å². The summed E-state index contributed by atoms with van der Waals surface area (Å²) in [4.78, 5) is 14.7. The van der Waals surface area contributed by atoms with Gasteiger partial charge < -0.3 is 10.2 Å². The number of rotatable bonds is 10. The molecule has 1 amide bonds. The number of allylic oxidation sites excluding steroid dienone is 1. The first-order valence-corrected chi connectivity index (χ1v) is 11.4. The van der Waals surface area contributed by atoms with Crippen molar-refractivity contribution in [3.05, 3.63) is 66.7 Å². The van der Waals surface area contributed by atoms with Crippen molar-refractivity contribution in [3.8, 4) is 11.4 Å². The van der Waals surface area contributed by atoms with E-state index < -0.39 is 0 Å².